The van der Waals surface area contributed by atoms with Crippen LogP contribution in [0, 0.1) is 0 Å². The van der Waals surface area contributed by atoms with Crippen molar-refractivity contribution in [2.75, 3.05) is 7.05 Å². The Morgan fingerprint density at radius 3 is 2.72 bits per heavy atom. The molecule has 128 valence electrons. The molecule has 0 radical (unpaired) electrons. The number of carbonyl (C=O) groups excluding carboxylic acids is 1. The van der Waals surface area contributed by atoms with Crippen LogP contribution in [0.1, 0.15) is 20.8 Å². The lowest BCUT2D eigenvalue weighted by Gasteiger charge is -2.16. The van der Waals surface area contributed by atoms with Crippen LogP contribution in [-0.4, -0.2) is 22.8 Å². The van der Waals surface area contributed by atoms with Crippen LogP contribution in [0.5, 0.6) is 5.88 Å². The first kappa shape index (κ1) is 17.5. The third-order valence-electron chi connectivity index (χ3n) is 3.58. The van der Waals surface area contributed by atoms with Crippen molar-refractivity contribution in [3.8, 4) is 5.88 Å². The first-order valence-electron chi connectivity index (χ1n) is 7.74. The van der Waals surface area contributed by atoms with Crippen molar-refractivity contribution in [3.63, 3.8) is 0 Å². The summed E-state index contributed by atoms with van der Waals surface area (Å²) in [6, 6.07) is 17.0. The smallest absolute Gasteiger partial charge is 0.254 e. The van der Waals surface area contributed by atoms with Gasteiger partial charge in [-0.1, -0.05) is 41.9 Å². The molecule has 0 fully saturated rings. The standard InChI is InChI=1S/C19H17ClN2O2S/c1-22(12-16-7-8-17(20)25-16)19(23)15-9-10-21-18(11-15)24-13-14-5-3-2-4-6-14/h2-11H,12-13H2,1H3. The Labute approximate surface area is 155 Å². The molecule has 25 heavy (non-hydrogen) atoms. The topological polar surface area (TPSA) is 42.4 Å². The SMILES string of the molecule is CN(Cc1ccc(Cl)s1)C(=O)c1ccnc(OCc2ccccc2)c1. The number of benzene rings is 1. The Balaban J connectivity index is 1.64. The number of amides is 1. The Kier molecular flexibility index (Phi) is 5.68. The summed E-state index contributed by atoms with van der Waals surface area (Å²) in [6.45, 7) is 0.924. The largest absolute Gasteiger partial charge is 0.473 e. The summed E-state index contributed by atoms with van der Waals surface area (Å²) in [6.07, 6.45) is 1.59. The highest BCUT2D eigenvalue weighted by atomic mass is 35.5. The number of hydrogen-bond acceptors (Lipinski definition) is 4. The maximum absolute atomic E-state index is 12.6. The lowest BCUT2D eigenvalue weighted by molar-refractivity contribution is 0.0785. The van der Waals surface area contributed by atoms with Crippen LogP contribution in [0.15, 0.2) is 60.8 Å². The van der Waals surface area contributed by atoms with Gasteiger partial charge in [0.25, 0.3) is 5.91 Å². The third-order valence-corrected chi connectivity index (χ3v) is 4.80. The first-order chi connectivity index (χ1) is 12.1. The van der Waals surface area contributed by atoms with Crippen molar-refractivity contribution >= 4 is 28.8 Å². The molecule has 2 aromatic heterocycles. The third kappa shape index (κ3) is 4.81. The molecule has 0 aliphatic rings. The van der Waals surface area contributed by atoms with Gasteiger partial charge in [0.05, 0.1) is 10.9 Å². The van der Waals surface area contributed by atoms with Gasteiger partial charge in [-0.2, -0.15) is 0 Å². The number of halogens is 1. The number of ether oxygens (including phenoxy) is 1. The van der Waals surface area contributed by atoms with Crippen LogP contribution in [0.3, 0.4) is 0 Å². The highest BCUT2D eigenvalue weighted by Crippen LogP contribution is 2.23. The number of pyridine rings is 1. The van der Waals surface area contributed by atoms with Gasteiger partial charge >= 0.3 is 0 Å². The van der Waals surface area contributed by atoms with Gasteiger partial charge in [0.15, 0.2) is 0 Å². The molecule has 0 bridgehead atoms. The number of carbonyl (C=O) groups is 1. The molecule has 0 N–H and O–H groups in total. The molecule has 4 nitrogen and oxygen atoms in total. The predicted molar refractivity (Wildman–Crippen MR) is 100 cm³/mol. The minimum Gasteiger partial charge on any atom is -0.473 e. The molecule has 2 heterocycles. The second-order valence-corrected chi connectivity index (χ2v) is 7.32. The highest BCUT2D eigenvalue weighted by molar-refractivity contribution is 7.16. The number of aromatic nitrogens is 1. The van der Waals surface area contributed by atoms with Crippen molar-refractivity contribution in [2.45, 2.75) is 13.2 Å². The summed E-state index contributed by atoms with van der Waals surface area (Å²) in [5.74, 6) is 0.346. The Morgan fingerprint density at radius 1 is 1.20 bits per heavy atom. The van der Waals surface area contributed by atoms with Gasteiger partial charge in [-0.05, 0) is 23.8 Å². The molecule has 0 unspecified atom stereocenters. The van der Waals surface area contributed by atoms with E-state index in [0.717, 1.165) is 14.8 Å². The van der Waals surface area contributed by atoms with Crippen molar-refractivity contribution in [3.05, 3.63) is 81.1 Å². The van der Waals surface area contributed by atoms with E-state index in [4.69, 9.17) is 16.3 Å². The number of nitrogens with zero attached hydrogens (tertiary/aromatic N) is 2. The summed E-state index contributed by atoms with van der Waals surface area (Å²) >= 11 is 7.41. The zero-order valence-corrected chi connectivity index (χ0v) is 15.3. The van der Waals surface area contributed by atoms with E-state index in [9.17, 15) is 4.79 Å². The van der Waals surface area contributed by atoms with E-state index in [2.05, 4.69) is 4.98 Å². The molecular formula is C19H17ClN2O2S. The fourth-order valence-corrected chi connectivity index (χ4v) is 3.46. The maximum atomic E-state index is 12.6. The van der Waals surface area contributed by atoms with Crippen LogP contribution in [-0.2, 0) is 13.2 Å². The lowest BCUT2D eigenvalue weighted by atomic mass is 10.2. The van der Waals surface area contributed by atoms with Crippen molar-refractivity contribution in [1.29, 1.82) is 0 Å². The van der Waals surface area contributed by atoms with Crippen LogP contribution in [0.4, 0.5) is 0 Å². The summed E-state index contributed by atoms with van der Waals surface area (Å²) in [5, 5.41) is 0. The Hall–Kier alpha value is -2.37. The second-order valence-electron chi connectivity index (χ2n) is 5.52. The summed E-state index contributed by atoms with van der Waals surface area (Å²) in [7, 11) is 1.76. The van der Waals surface area contributed by atoms with E-state index in [1.165, 1.54) is 11.3 Å². The van der Waals surface area contributed by atoms with Gasteiger partial charge in [-0.15, -0.1) is 11.3 Å². The Morgan fingerprint density at radius 2 is 2.00 bits per heavy atom. The normalized spacial score (nSPS) is 10.5. The maximum Gasteiger partial charge on any atom is 0.254 e. The molecule has 0 saturated carbocycles. The zero-order chi connectivity index (χ0) is 17.6. The molecule has 0 spiro atoms. The summed E-state index contributed by atoms with van der Waals surface area (Å²) in [4.78, 5) is 19.5. The van der Waals surface area contributed by atoms with Crippen molar-refractivity contribution in [2.24, 2.45) is 0 Å². The molecular weight excluding hydrogens is 356 g/mol. The van der Waals surface area contributed by atoms with E-state index in [1.807, 2.05) is 42.5 Å². The number of hydrogen-bond donors (Lipinski definition) is 0. The molecule has 3 rings (SSSR count). The van der Waals surface area contributed by atoms with E-state index >= 15 is 0 Å². The van der Waals surface area contributed by atoms with Gasteiger partial charge in [0.1, 0.15) is 6.61 Å². The first-order valence-corrected chi connectivity index (χ1v) is 8.94. The predicted octanol–water partition coefficient (Wildman–Crippen LogP) is 4.65. The van der Waals surface area contributed by atoms with E-state index in [0.29, 0.717) is 24.6 Å². The zero-order valence-electron chi connectivity index (χ0n) is 13.7. The fraction of sp³-hybridized carbons (Fsp3) is 0.158. The molecule has 3 aromatic rings. The van der Waals surface area contributed by atoms with Gasteiger partial charge in [-0.3, -0.25) is 4.79 Å². The number of thiophene rings is 1. The molecule has 0 aliphatic carbocycles. The quantitative estimate of drug-likeness (QED) is 0.632. The van der Waals surface area contributed by atoms with Gasteiger partial charge in [0, 0.05) is 29.8 Å². The molecule has 1 amide bonds. The van der Waals surface area contributed by atoms with Crippen LogP contribution < -0.4 is 4.74 Å². The highest BCUT2D eigenvalue weighted by Gasteiger charge is 2.14. The minimum atomic E-state index is -0.0866. The van der Waals surface area contributed by atoms with Gasteiger partial charge < -0.3 is 9.64 Å². The van der Waals surface area contributed by atoms with E-state index < -0.39 is 0 Å². The average molecular weight is 373 g/mol. The summed E-state index contributed by atoms with van der Waals surface area (Å²) < 4.78 is 6.41. The van der Waals surface area contributed by atoms with E-state index in [-0.39, 0.29) is 5.91 Å². The molecule has 0 saturated heterocycles. The van der Waals surface area contributed by atoms with Crippen LogP contribution >= 0.6 is 22.9 Å². The molecule has 0 aliphatic heterocycles. The lowest BCUT2D eigenvalue weighted by Crippen LogP contribution is -2.25. The minimum absolute atomic E-state index is 0.0866. The van der Waals surface area contributed by atoms with Crippen LogP contribution in [0.25, 0.3) is 0 Å². The molecule has 1 aromatic carbocycles. The fourth-order valence-electron chi connectivity index (χ4n) is 2.32. The van der Waals surface area contributed by atoms with E-state index in [1.54, 1.807) is 30.3 Å². The van der Waals surface area contributed by atoms with Crippen LogP contribution in [0.2, 0.25) is 4.34 Å². The molecule has 6 heteroatoms. The Bertz CT molecular complexity index is 851. The second kappa shape index (κ2) is 8.14. The average Bonchev–Trinajstić information content (AvgIpc) is 3.05. The van der Waals surface area contributed by atoms with Gasteiger partial charge in [0.2, 0.25) is 5.88 Å². The van der Waals surface area contributed by atoms with Crippen molar-refractivity contribution in [1.82, 2.24) is 9.88 Å². The monoisotopic (exact) mass is 372 g/mol. The van der Waals surface area contributed by atoms with Crippen molar-refractivity contribution < 1.29 is 9.53 Å². The number of rotatable bonds is 6. The van der Waals surface area contributed by atoms with Gasteiger partial charge in [-0.25, -0.2) is 4.98 Å². The summed E-state index contributed by atoms with van der Waals surface area (Å²) in [5.41, 5.74) is 1.59. The molecule has 0 atom stereocenters.